The number of hydrogen-bond donors (Lipinski definition) is 3. The third kappa shape index (κ3) is 4.51. The summed E-state index contributed by atoms with van der Waals surface area (Å²) in [5.41, 5.74) is 3.19. The lowest BCUT2D eigenvalue weighted by molar-refractivity contribution is 0.222. The van der Waals surface area contributed by atoms with Crippen LogP contribution in [-0.2, 0) is 0 Å². The van der Waals surface area contributed by atoms with Crippen molar-refractivity contribution in [2.24, 2.45) is 5.84 Å². The predicted octanol–water partition coefficient (Wildman–Crippen LogP) is 3.21. The van der Waals surface area contributed by atoms with E-state index in [1.807, 2.05) is 32.0 Å². The second-order valence-electron chi connectivity index (χ2n) is 4.33. The lowest BCUT2D eigenvalue weighted by Crippen LogP contribution is -2.15. The molecule has 112 valence electrons. The van der Waals surface area contributed by atoms with E-state index in [0.717, 1.165) is 14.6 Å². The third-order valence-electron chi connectivity index (χ3n) is 2.26. The normalized spacial score (nSPS) is 10.6. The first-order valence-electron chi connectivity index (χ1n) is 6.09. The van der Waals surface area contributed by atoms with Gasteiger partial charge in [0.2, 0.25) is 11.9 Å². The molecule has 0 bridgehead atoms. The van der Waals surface area contributed by atoms with Gasteiger partial charge in [-0.05, 0) is 48.0 Å². The zero-order chi connectivity index (χ0) is 15.4. The Kier molecular flexibility index (Phi) is 5.32. The van der Waals surface area contributed by atoms with Gasteiger partial charge >= 0.3 is 6.01 Å². The van der Waals surface area contributed by atoms with Crippen LogP contribution in [0.1, 0.15) is 13.8 Å². The number of rotatable bonds is 5. The first kappa shape index (κ1) is 15.9. The van der Waals surface area contributed by atoms with Crippen molar-refractivity contribution in [2.75, 3.05) is 10.7 Å². The molecule has 0 saturated carbocycles. The van der Waals surface area contributed by atoms with E-state index >= 15 is 0 Å². The van der Waals surface area contributed by atoms with Crippen LogP contribution in [0.25, 0.3) is 0 Å². The van der Waals surface area contributed by atoms with Crippen molar-refractivity contribution in [3.63, 3.8) is 0 Å². The number of nitrogens with zero attached hydrogens (tertiary/aromatic N) is 3. The van der Waals surface area contributed by atoms with Crippen molar-refractivity contribution < 1.29 is 4.74 Å². The molecular formula is C12H14Br2N6O. The monoisotopic (exact) mass is 416 g/mol. The molecule has 0 saturated heterocycles. The van der Waals surface area contributed by atoms with Crippen molar-refractivity contribution in [1.29, 1.82) is 0 Å². The van der Waals surface area contributed by atoms with Crippen LogP contribution in [-0.4, -0.2) is 21.1 Å². The second kappa shape index (κ2) is 7.01. The number of nitrogens with two attached hydrogens (primary N) is 1. The summed E-state index contributed by atoms with van der Waals surface area (Å²) in [5, 5.41) is 3.09. The van der Waals surface area contributed by atoms with Gasteiger partial charge in [-0.15, -0.1) is 0 Å². The van der Waals surface area contributed by atoms with Crippen molar-refractivity contribution in [3.8, 4) is 6.01 Å². The topological polar surface area (TPSA) is 98.0 Å². The molecule has 2 rings (SSSR count). The average Bonchev–Trinajstić information content (AvgIpc) is 2.42. The number of ether oxygens (including phenoxy) is 1. The van der Waals surface area contributed by atoms with Crippen LogP contribution in [0.15, 0.2) is 27.1 Å². The molecule has 4 N–H and O–H groups in total. The highest BCUT2D eigenvalue weighted by atomic mass is 79.9. The molecule has 1 aromatic carbocycles. The van der Waals surface area contributed by atoms with Gasteiger partial charge in [0.1, 0.15) is 0 Å². The fraction of sp³-hybridized carbons (Fsp3) is 0.250. The molecule has 0 aliphatic rings. The summed E-state index contributed by atoms with van der Waals surface area (Å²) < 4.78 is 7.27. The highest BCUT2D eigenvalue weighted by Crippen LogP contribution is 2.28. The molecule has 0 amide bonds. The minimum atomic E-state index is -0.0523. The molecule has 0 aliphatic carbocycles. The Hall–Kier alpha value is -1.45. The molecule has 0 unspecified atom stereocenters. The van der Waals surface area contributed by atoms with Crippen molar-refractivity contribution >= 4 is 49.4 Å². The quantitative estimate of drug-likeness (QED) is 0.507. The summed E-state index contributed by atoms with van der Waals surface area (Å²) in [6.45, 7) is 3.77. The van der Waals surface area contributed by atoms with E-state index in [1.54, 1.807) is 0 Å². The number of hydrogen-bond acceptors (Lipinski definition) is 7. The van der Waals surface area contributed by atoms with E-state index < -0.39 is 0 Å². The van der Waals surface area contributed by atoms with Crippen LogP contribution in [0.2, 0.25) is 0 Å². The Morgan fingerprint density at radius 3 is 2.52 bits per heavy atom. The summed E-state index contributed by atoms with van der Waals surface area (Å²) in [6, 6.07) is 5.91. The fourth-order valence-corrected chi connectivity index (χ4v) is 2.16. The van der Waals surface area contributed by atoms with Crippen LogP contribution in [0.4, 0.5) is 17.6 Å². The molecule has 0 atom stereocenters. The van der Waals surface area contributed by atoms with Gasteiger partial charge in [0.15, 0.2) is 0 Å². The van der Waals surface area contributed by atoms with Crippen LogP contribution < -0.4 is 21.3 Å². The molecule has 0 radical (unpaired) electrons. The van der Waals surface area contributed by atoms with Crippen LogP contribution >= 0.6 is 31.9 Å². The molecule has 0 spiro atoms. The van der Waals surface area contributed by atoms with Crippen LogP contribution in [0.5, 0.6) is 6.01 Å². The number of nitrogens with one attached hydrogen (secondary N) is 2. The van der Waals surface area contributed by atoms with Crippen molar-refractivity contribution in [1.82, 2.24) is 15.0 Å². The molecule has 7 nitrogen and oxygen atoms in total. The number of nitrogen functional groups attached to an aromatic ring is 1. The molecule has 1 heterocycles. The maximum absolute atomic E-state index is 5.47. The summed E-state index contributed by atoms with van der Waals surface area (Å²) in [7, 11) is 0. The van der Waals surface area contributed by atoms with E-state index in [4.69, 9.17) is 10.6 Å². The second-order valence-corrected chi connectivity index (χ2v) is 6.10. The number of halogens is 2. The van der Waals surface area contributed by atoms with E-state index in [2.05, 4.69) is 57.6 Å². The van der Waals surface area contributed by atoms with Gasteiger partial charge in [-0.3, -0.25) is 5.43 Å². The van der Waals surface area contributed by atoms with Gasteiger partial charge in [-0.25, -0.2) is 5.84 Å². The van der Waals surface area contributed by atoms with Crippen LogP contribution in [0, 0.1) is 0 Å². The SMILES string of the molecule is CC(C)Oc1nc(NN)nc(Nc2cc(Br)ccc2Br)n1. The number of benzene rings is 1. The fourth-order valence-electron chi connectivity index (χ4n) is 1.45. The van der Waals surface area contributed by atoms with Gasteiger partial charge in [0.05, 0.1) is 11.8 Å². The maximum Gasteiger partial charge on any atom is 0.323 e. The zero-order valence-corrected chi connectivity index (χ0v) is 14.6. The highest BCUT2D eigenvalue weighted by Gasteiger charge is 2.10. The van der Waals surface area contributed by atoms with Gasteiger partial charge in [-0.1, -0.05) is 15.9 Å². The predicted molar refractivity (Wildman–Crippen MR) is 88.5 cm³/mol. The molecule has 0 fully saturated rings. The molecule has 1 aromatic heterocycles. The van der Waals surface area contributed by atoms with E-state index in [1.165, 1.54) is 0 Å². The summed E-state index contributed by atoms with van der Waals surface area (Å²) >= 11 is 6.87. The minimum Gasteiger partial charge on any atom is -0.461 e. The lowest BCUT2D eigenvalue weighted by Gasteiger charge is -2.12. The standard InChI is InChI=1S/C12H14Br2N6O/c1-6(2)21-12-18-10(17-11(19-12)20-15)16-9-5-7(13)3-4-8(9)14/h3-6H,15H2,1-2H3,(H2,16,17,18,19,20). The van der Waals surface area contributed by atoms with Gasteiger partial charge < -0.3 is 10.1 Å². The Morgan fingerprint density at radius 2 is 1.86 bits per heavy atom. The Balaban J connectivity index is 2.32. The van der Waals surface area contributed by atoms with Gasteiger partial charge in [-0.2, -0.15) is 15.0 Å². The summed E-state index contributed by atoms with van der Waals surface area (Å²) in [4.78, 5) is 12.4. The molecular weight excluding hydrogens is 404 g/mol. The number of anilines is 3. The first-order chi connectivity index (χ1) is 9.97. The highest BCUT2D eigenvalue weighted by molar-refractivity contribution is 9.11. The van der Waals surface area contributed by atoms with Gasteiger partial charge in [0, 0.05) is 8.95 Å². The third-order valence-corrected chi connectivity index (χ3v) is 3.44. The Bertz CT molecular complexity index is 637. The van der Waals surface area contributed by atoms with Crippen LogP contribution in [0.3, 0.4) is 0 Å². The number of hydrazine groups is 1. The summed E-state index contributed by atoms with van der Waals surface area (Å²) in [5.74, 6) is 5.91. The number of aromatic nitrogens is 3. The van der Waals surface area contributed by atoms with E-state index in [0.29, 0.717) is 5.95 Å². The maximum atomic E-state index is 5.47. The Morgan fingerprint density at radius 1 is 1.14 bits per heavy atom. The van der Waals surface area contributed by atoms with Crippen molar-refractivity contribution in [3.05, 3.63) is 27.1 Å². The van der Waals surface area contributed by atoms with Crippen molar-refractivity contribution in [2.45, 2.75) is 20.0 Å². The first-order valence-corrected chi connectivity index (χ1v) is 7.68. The molecule has 0 aliphatic heterocycles. The smallest absolute Gasteiger partial charge is 0.323 e. The van der Waals surface area contributed by atoms with E-state index in [-0.39, 0.29) is 18.1 Å². The molecule has 21 heavy (non-hydrogen) atoms. The zero-order valence-electron chi connectivity index (χ0n) is 11.4. The average molecular weight is 418 g/mol. The summed E-state index contributed by atoms with van der Waals surface area (Å²) in [6.07, 6.45) is -0.0523. The molecule has 2 aromatic rings. The lowest BCUT2D eigenvalue weighted by atomic mass is 10.3. The van der Waals surface area contributed by atoms with Gasteiger partial charge in [0.25, 0.3) is 0 Å². The largest absolute Gasteiger partial charge is 0.461 e. The minimum absolute atomic E-state index is 0.0523. The molecule has 9 heteroatoms. The Labute approximate surface area is 139 Å². The van der Waals surface area contributed by atoms with E-state index in [9.17, 15) is 0 Å².